The van der Waals surface area contributed by atoms with Gasteiger partial charge in [-0.2, -0.15) is 0 Å². The SMILES string of the molecule is Cc1cc(C(C)N)nc2c(C)c(Cl)ccc12. The third-order valence-corrected chi connectivity index (χ3v) is 3.27. The summed E-state index contributed by atoms with van der Waals surface area (Å²) in [6.45, 7) is 6.00. The quantitative estimate of drug-likeness (QED) is 0.820. The van der Waals surface area contributed by atoms with Gasteiger partial charge in [-0.1, -0.05) is 17.7 Å². The van der Waals surface area contributed by atoms with Gasteiger partial charge in [-0.3, -0.25) is 4.98 Å². The molecule has 2 nitrogen and oxygen atoms in total. The summed E-state index contributed by atoms with van der Waals surface area (Å²) in [5.74, 6) is 0. The van der Waals surface area contributed by atoms with Crippen molar-refractivity contribution in [2.75, 3.05) is 0 Å². The number of benzene rings is 1. The fourth-order valence-electron chi connectivity index (χ4n) is 1.83. The maximum Gasteiger partial charge on any atom is 0.0752 e. The molecular formula is C13H15ClN2. The number of nitrogens with two attached hydrogens (primary N) is 1. The third-order valence-electron chi connectivity index (χ3n) is 2.86. The minimum absolute atomic E-state index is 0.0542. The van der Waals surface area contributed by atoms with E-state index in [1.807, 2.05) is 32.0 Å². The second-order valence-electron chi connectivity index (χ2n) is 4.22. The third kappa shape index (κ3) is 1.79. The zero-order valence-corrected chi connectivity index (χ0v) is 10.5. The monoisotopic (exact) mass is 234 g/mol. The number of nitrogens with zero attached hydrogens (tertiary/aromatic N) is 1. The molecule has 1 unspecified atom stereocenters. The minimum Gasteiger partial charge on any atom is -0.323 e. The van der Waals surface area contributed by atoms with E-state index in [-0.39, 0.29) is 6.04 Å². The molecule has 0 aliphatic rings. The molecule has 0 saturated carbocycles. The van der Waals surface area contributed by atoms with Crippen molar-refractivity contribution in [2.45, 2.75) is 26.8 Å². The normalized spacial score (nSPS) is 13.1. The van der Waals surface area contributed by atoms with Gasteiger partial charge in [0.25, 0.3) is 0 Å². The topological polar surface area (TPSA) is 38.9 Å². The van der Waals surface area contributed by atoms with Crippen LogP contribution < -0.4 is 5.73 Å². The van der Waals surface area contributed by atoms with Crippen molar-refractivity contribution in [3.63, 3.8) is 0 Å². The summed E-state index contributed by atoms with van der Waals surface area (Å²) in [4.78, 5) is 4.59. The Kier molecular flexibility index (Phi) is 2.87. The fourth-order valence-corrected chi connectivity index (χ4v) is 1.98. The van der Waals surface area contributed by atoms with Crippen LogP contribution in [0.2, 0.25) is 5.02 Å². The van der Waals surface area contributed by atoms with E-state index in [0.29, 0.717) is 0 Å². The van der Waals surface area contributed by atoms with Crippen LogP contribution in [0.15, 0.2) is 18.2 Å². The molecule has 0 fully saturated rings. The number of aromatic nitrogens is 1. The molecule has 1 aromatic heterocycles. The molecule has 2 N–H and O–H groups in total. The summed E-state index contributed by atoms with van der Waals surface area (Å²) in [7, 11) is 0. The van der Waals surface area contributed by atoms with Gasteiger partial charge in [-0.05, 0) is 44.0 Å². The largest absolute Gasteiger partial charge is 0.323 e. The Hall–Kier alpha value is -1.12. The van der Waals surface area contributed by atoms with E-state index in [1.54, 1.807) is 0 Å². The zero-order chi connectivity index (χ0) is 11.9. The number of fused-ring (bicyclic) bond motifs is 1. The van der Waals surface area contributed by atoms with Gasteiger partial charge in [-0.15, -0.1) is 0 Å². The molecule has 0 bridgehead atoms. The van der Waals surface area contributed by atoms with Crippen molar-refractivity contribution in [3.8, 4) is 0 Å². The van der Waals surface area contributed by atoms with E-state index in [4.69, 9.17) is 17.3 Å². The van der Waals surface area contributed by atoms with Crippen LogP contribution in [-0.2, 0) is 0 Å². The Labute approximate surface area is 100 Å². The van der Waals surface area contributed by atoms with Gasteiger partial charge in [0.2, 0.25) is 0 Å². The van der Waals surface area contributed by atoms with Crippen molar-refractivity contribution in [1.29, 1.82) is 0 Å². The van der Waals surface area contributed by atoms with Gasteiger partial charge in [0, 0.05) is 16.5 Å². The van der Waals surface area contributed by atoms with Crippen LogP contribution in [0, 0.1) is 13.8 Å². The fraction of sp³-hybridized carbons (Fsp3) is 0.308. The lowest BCUT2D eigenvalue weighted by atomic mass is 10.0. The molecule has 0 radical (unpaired) electrons. The highest BCUT2D eigenvalue weighted by atomic mass is 35.5. The summed E-state index contributed by atoms with van der Waals surface area (Å²) in [5.41, 5.74) is 9.95. The number of hydrogen-bond donors (Lipinski definition) is 1. The predicted molar refractivity (Wildman–Crippen MR) is 68.8 cm³/mol. The van der Waals surface area contributed by atoms with Crippen LogP contribution in [0.4, 0.5) is 0 Å². The van der Waals surface area contributed by atoms with Gasteiger partial charge in [-0.25, -0.2) is 0 Å². The summed E-state index contributed by atoms with van der Waals surface area (Å²) in [6, 6.07) is 5.92. The Bertz CT molecular complexity index is 547. The summed E-state index contributed by atoms with van der Waals surface area (Å²) in [6.07, 6.45) is 0. The van der Waals surface area contributed by atoms with E-state index < -0.39 is 0 Å². The van der Waals surface area contributed by atoms with E-state index in [9.17, 15) is 0 Å². The number of rotatable bonds is 1. The molecule has 1 heterocycles. The zero-order valence-electron chi connectivity index (χ0n) is 9.71. The Balaban J connectivity index is 2.83. The highest BCUT2D eigenvalue weighted by molar-refractivity contribution is 6.32. The molecule has 3 heteroatoms. The number of halogens is 1. The van der Waals surface area contributed by atoms with Crippen LogP contribution in [0.5, 0.6) is 0 Å². The number of aryl methyl sites for hydroxylation is 2. The first kappa shape index (κ1) is 11.4. The van der Waals surface area contributed by atoms with Crippen LogP contribution in [0.3, 0.4) is 0 Å². The first-order valence-electron chi connectivity index (χ1n) is 5.32. The van der Waals surface area contributed by atoms with Crippen LogP contribution in [0.1, 0.15) is 29.8 Å². The van der Waals surface area contributed by atoms with Gasteiger partial charge in [0.15, 0.2) is 0 Å². The lowest BCUT2D eigenvalue weighted by molar-refractivity contribution is 0.785. The summed E-state index contributed by atoms with van der Waals surface area (Å²) < 4.78 is 0. The smallest absolute Gasteiger partial charge is 0.0752 e. The lowest BCUT2D eigenvalue weighted by Gasteiger charge is -2.11. The van der Waals surface area contributed by atoms with E-state index in [1.165, 1.54) is 5.56 Å². The molecule has 0 spiro atoms. The molecule has 0 aliphatic carbocycles. The summed E-state index contributed by atoms with van der Waals surface area (Å²) >= 11 is 6.10. The van der Waals surface area contributed by atoms with Crippen LogP contribution >= 0.6 is 11.6 Å². The Morgan fingerprint density at radius 2 is 2.00 bits per heavy atom. The predicted octanol–water partition coefficient (Wildman–Crippen LogP) is 3.52. The second kappa shape index (κ2) is 4.04. The average Bonchev–Trinajstić information content (AvgIpc) is 2.23. The van der Waals surface area contributed by atoms with Crippen molar-refractivity contribution < 1.29 is 0 Å². The lowest BCUT2D eigenvalue weighted by Crippen LogP contribution is -2.08. The first-order valence-corrected chi connectivity index (χ1v) is 5.70. The molecule has 1 aromatic carbocycles. The molecule has 0 aliphatic heterocycles. The van der Waals surface area contributed by atoms with Gasteiger partial charge in [0.05, 0.1) is 11.2 Å². The van der Waals surface area contributed by atoms with Crippen molar-refractivity contribution in [1.82, 2.24) is 4.98 Å². The van der Waals surface area contributed by atoms with Crippen LogP contribution in [0.25, 0.3) is 10.9 Å². The molecule has 0 saturated heterocycles. The van der Waals surface area contributed by atoms with E-state index in [2.05, 4.69) is 11.9 Å². The van der Waals surface area contributed by atoms with Crippen LogP contribution in [-0.4, -0.2) is 4.98 Å². The first-order chi connectivity index (χ1) is 7.50. The molecule has 16 heavy (non-hydrogen) atoms. The highest BCUT2D eigenvalue weighted by Gasteiger charge is 2.09. The molecule has 2 aromatic rings. The minimum atomic E-state index is -0.0542. The van der Waals surface area contributed by atoms with Gasteiger partial charge >= 0.3 is 0 Å². The summed E-state index contributed by atoms with van der Waals surface area (Å²) in [5, 5.41) is 1.90. The number of hydrogen-bond acceptors (Lipinski definition) is 2. The molecule has 2 rings (SSSR count). The van der Waals surface area contributed by atoms with Crippen molar-refractivity contribution in [3.05, 3.63) is 40.0 Å². The van der Waals surface area contributed by atoms with Gasteiger partial charge in [0.1, 0.15) is 0 Å². The average molecular weight is 235 g/mol. The van der Waals surface area contributed by atoms with E-state index >= 15 is 0 Å². The Morgan fingerprint density at radius 1 is 1.31 bits per heavy atom. The standard InChI is InChI=1S/C13H15ClN2/c1-7-6-12(9(3)15)16-13-8(2)11(14)5-4-10(7)13/h4-6,9H,15H2,1-3H3. The van der Waals surface area contributed by atoms with Crippen molar-refractivity contribution >= 4 is 22.5 Å². The second-order valence-corrected chi connectivity index (χ2v) is 4.63. The molecular weight excluding hydrogens is 220 g/mol. The van der Waals surface area contributed by atoms with Gasteiger partial charge < -0.3 is 5.73 Å². The van der Waals surface area contributed by atoms with E-state index in [0.717, 1.165) is 27.2 Å². The molecule has 0 amide bonds. The maximum absolute atomic E-state index is 6.10. The Morgan fingerprint density at radius 3 is 2.62 bits per heavy atom. The maximum atomic E-state index is 6.10. The molecule has 1 atom stereocenters. The number of pyridine rings is 1. The highest BCUT2D eigenvalue weighted by Crippen LogP contribution is 2.27. The molecule has 84 valence electrons. The van der Waals surface area contributed by atoms with Crippen molar-refractivity contribution in [2.24, 2.45) is 5.73 Å².